The Morgan fingerprint density at radius 1 is 1.15 bits per heavy atom. The molecule has 0 radical (unpaired) electrons. The summed E-state index contributed by atoms with van der Waals surface area (Å²) in [6, 6.07) is 7.25. The van der Waals surface area contributed by atoms with Crippen molar-refractivity contribution < 1.29 is 17.9 Å². The molecule has 0 spiro atoms. The van der Waals surface area contributed by atoms with E-state index in [0.717, 1.165) is 29.4 Å². The maximum Gasteiger partial charge on any atom is 0.417 e. The number of aryl methyl sites for hydroxylation is 2. The predicted molar refractivity (Wildman–Crippen MR) is 99.9 cm³/mol. The van der Waals surface area contributed by atoms with Crippen LogP contribution in [0.2, 0.25) is 5.02 Å². The first kappa shape index (κ1) is 20.1. The Morgan fingerprint density at radius 3 is 2.42 bits per heavy atom. The van der Waals surface area contributed by atoms with Crippen LogP contribution < -0.4 is 9.64 Å². The smallest absolute Gasteiger partial charge is 0.417 e. The van der Waals surface area contributed by atoms with Crippen LogP contribution in [-0.2, 0) is 6.18 Å². The fourth-order valence-corrected chi connectivity index (χ4v) is 2.78. The van der Waals surface area contributed by atoms with E-state index in [1.54, 1.807) is 19.5 Å². The number of hydrogen-bond acceptors (Lipinski definition) is 2. The molecule has 0 aliphatic carbocycles. The van der Waals surface area contributed by atoms with Crippen molar-refractivity contribution >= 4 is 23.6 Å². The Labute approximate surface area is 156 Å². The van der Waals surface area contributed by atoms with Crippen LogP contribution in [0.1, 0.15) is 23.6 Å². The molecule has 3 nitrogen and oxygen atoms in total. The number of alkyl halides is 3. The average Bonchev–Trinajstić information content (AvgIpc) is 2.56. The van der Waals surface area contributed by atoms with E-state index in [9.17, 15) is 13.2 Å². The average molecular weight is 385 g/mol. The molecule has 0 amide bonds. The highest BCUT2D eigenvalue weighted by molar-refractivity contribution is 6.31. The van der Waals surface area contributed by atoms with Gasteiger partial charge in [-0.15, -0.1) is 0 Å². The summed E-state index contributed by atoms with van der Waals surface area (Å²) in [6.07, 6.45) is -2.80. The minimum atomic E-state index is -4.54. The van der Waals surface area contributed by atoms with Gasteiger partial charge in [-0.25, -0.2) is 0 Å². The molecule has 2 aromatic carbocycles. The van der Waals surface area contributed by atoms with Crippen LogP contribution in [0.3, 0.4) is 0 Å². The summed E-state index contributed by atoms with van der Waals surface area (Å²) in [6.45, 7) is 6.50. The largest absolute Gasteiger partial charge is 0.457 e. The van der Waals surface area contributed by atoms with E-state index >= 15 is 0 Å². The lowest BCUT2D eigenvalue weighted by Gasteiger charge is -2.22. The number of anilines is 1. The lowest BCUT2D eigenvalue weighted by molar-refractivity contribution is -0.137. The Morgan fingerprint density at radius 2 is 1.85 bits per heavy atom. The van der Waals surface area contributed by atoms with Crippen molar-refractivity contribution in [3.8, 4) is 11.5 Å². The molecule has 140 valence electrons. The number of halogens is 4. The summed E-state index contributed by atoms with van der Waals surface area (Å²) in [5.41, 5.74) is 1.78. The van der Waals surface area contributed by atoms with Crippen LogP contribution in [-0.4, -0.2) is 19.9 Å². The van der Waals surface area contributed by atoms with Crippen molar-refractivity contribution in [2.75, 3.05) is 18.5 Å². The molecule has 2 rings (SSSR count). The number of ether oxygens (including phenoxy) is 1. The minimum Gasteiger partial charge on any atom is -0.457 e. The normalized spacial score (nSPS) is 11.8. The first-order chi connectivity index (χ1) is 12.2. The number of hydrogen-bond donors (Lipinski definition) is 0. The molecule has 0 fully saturated rings. The Kier molecular flexibility index (Phi) is 6.18. The monoisotopic (exact) mass is 384 g/mol. The van der Waals surface area contributed by atoms with Gasteiger partial charge in [-0.3, -0.25) is 4.99 Å². The van der Waals surface area contributed by atoms with Gasteiger partial charge in [0.15, 0.2) is 0 Å². The molecule has 0 bridgehead atoms. The predicted octanol–water partition coefficient (Wildman–Crippen LogP) is 6.25. The minimum absolute atomic E-state index is 0.0828. The molecule has 0 aromatic heterocycles. The first-order valence-corrected chi connectivity index (χ1v) is 8.40. The topological polar surface area (TPSA) is 24.8 Å². The zero-order valence-corrected chi connectivity index (χ0v) is 15.7. The van der Waals surface area contributed by atoms with E-state index in [-0.39, 0.29) is 10.8 Å². The van der Waals surface area contributed by atoms with Crippen LogP contribution in [0, 0.1) is 13.8 Å². The third-order valence-corrected chi connectivity index (χ3v) is 4.20. The van der Waals surface area contributed by atoms with E-state index < -0.39 is 11.7 Å². The third-order valence-electron chi connectivity index (χ3n) is 3.87. The second-order valence-corrected chi connectivity index (χ2v) is 6.21. The van der Waals surface area contributed by atoms with E-state index in [0.29, 0.717) is 5.75 Å². The highest BCUT2D eigenvalue weighted by Gasteiger charge is 2.33. The van der Waals surface area contributed by atoms with Gasteiger partial charge in [-0.2, -0.15) is 13.2 Å². The van der Waals surface area contributed by atoms with Gasteiger partial charge in [0, 0.05) is 19.3 Å². The number of nitrogens with zero attached hydrogens (tertiary/aromatic N) is 2. The second kappa shape index (κ2) is 7.99. The Bertz CT molecular complexity index is 819. The first-order valence-electron chi connectivity index (χ1n) is 8.02. The van der Waals surface area contributed by atoms with E-state index in [4.69, 9.17) is 16.3 Å². The van der Waals surface area contributed by atoms with Crippen molar-refractivity contribution in [1.29, 1.82) is 0 Å². The standard InChI is InChI=1S/C19H20ClF3N2O/c1-5-25(11-24-4)17-8-13(3)18(9-12(17)2)26-14-6-7-16(20)15(10-14)19(21,22)23/h6-11H,5H2,1-4H3. The molecular weight excluding hydrogens is 365 g/mol. The molecule has 7 heteroatoms. The molecule has 0 aliphatic heterocycles. The van der Waals surface area contributed by atoms with Gasteiger partial charge in [-0.1, -0.05) is 11.6 Å². The van der Waals surface area contributed by atoms with Gasteiger partial charge < -0.3 is 9.64 Å². The lowest BCUT2D eigenvalue weighted by atomic mass is 10.1. The molecule has 0 aliphatic rings. The maximum atomic E-state index is 13.0. The number of benzene rings is 2. The lowest BCUT2D eigenvalue weighted by Crippen LogP contribution is -2.21. The summed E-state index contributed by atoms with van der Waals surface area (Å²) >= 11 is 5.65. The summed E-state index contributed by atoms with van der Waals surface area (Å²) < 4.78 is 44.7. The Balaban J connectivity index is 2.38. The molecule has 0 unspecified atom stereocenters. The van der Waals surface area contributed by atoms with Gasteiger partial charge in [0.1, 0.15) is 11.5 Å². The summed E-state index contributed by atoms with van der Waals surface area (Å²) in [5, 5.41) is -0.356. The molecule has 0 heterocycles. The highest BCUT2D eigenvalue weighted by atomic mass is 35.5. The van der Waals surface area contributed by atoms with Crippen LogP contribution in [0.4, 0.5) is 18.9 Å². The number of aliphatic imine (C=N–C) groups is 1. The van der Waals surface area contributed by atoms with Crippen molar-refractivity contribution in [1.82, 2.24) is 0 Å². The van der Waals surface area contributed by atoms with E-state index in [1.165, 1.54) is 12.1 Å². The second-order valence-electron chi connectivity index (χ2n) is 5.81. The SMILES string of the molecule is CCN(C=NC)c1cc(C)c(Oc2ccc(Cl)c(C(F)(F)F)c2)cc1C. The number of rotatable bonds is 5. The molecule has 0 atom stereocenters. The zero-order chi connectivity index (χ0) is 19.5. The van der Waals surface area contributed by atoms with Crippen molar-refractivity contribution in [2.24, 2.45) is 4.99 Å². The fourth-order valence-electron chi connectivity index (χ4n) is 2.56. The molecule has 26 heavy (non-hydrogen) atoms. The van der Waals surface area contributed by atoms with Crippen molar-refractivity contribution in [2.45, 2.75) is 26.9 Å². The van der Waals surface area contributed by atoms with Crippen molar-refractivity contribution in [3.05, 3.63) is 52.0 Å². The molecule has 2 aromatic rings. The summed E-state index contributed by atoms with van der Waals surface area (Å²) in [4.78, 5) is 6.02. The highest BCUT2D eigenvalue weighted by Crippen LogP contribution is 2.38. The van der Waals surface area contributed by atoms with Gasteiger partial charge >= 0.3 is 6.18 Å². The van der Waals surface area contributed by atoms with Gasteiger partial charge in [-0.05, 0) is 62.2 Å². The van der Waals surface area contributed by atoms with Gasteiger partial charge in [0.05, 0.1) is 16.9 Å². The van der Waals surface area contributed by atoms with E-state index in [1.807, 2.05) is 31.7 Å². The summed E-state index contributed by atoms with van der Waals surface area (Å²) in [7, 11) is 1.70. The molecule has 0 N–H and O–H groups in total. The quantitative estimate of drug-likeness (QED) is 0.449. The van der Waals surface area contributed by atoms with Gasteiger partial charge in [0.25, 0.3) is 0 Å². The maximum absolute atomic E-state index is 13.0. The molecule has 0 saturated heterocycles. The third kappa shape index (κ3) is 4.49. The fraction of sp³-hybridized carbons (Fsp3) is 0.316. The van der Waals surface area contributed by atoms with Crippen LogP contribution in [0.25, 0.3) is 0 Å². The summed E-state index contributed by atoms with van der Waals surface area (Å²) in [5.74, 6) is 0.575. The van der Waals surface area contributed by atoms with E-state index in [2.05, 4.69) is 4.99 Å². The molecule has 0 saturated carbocycles. The van der Waals surface area contributed by atoms with Crippen LogP contribution in [0.5, 0.6) is 11.5 Å². The van der Waals surface area contributed by atoms with Crippen molar-refractivity contribution in [3.63, 3.8) is 0 Å². The van der Waals surface area contributed by atoms with Crippen LogP contribution in [0.15, 0.2) is 35.3 Å². The zero-order valence-electron chi connectivity index (χ0n) is 15.0. The van der Waals surface area contributed by atoms with Gasteiger partial charge in [0.2, 0.25) is 0 Å². The Hall–Kier alpha value is -2.21. The van der Waals surface area contributed by atoms with Crippen LogP contribution >= 0.6 is 11.6 Å². The molecular formula is C19H20ClF3N2O.